The molecule has 0 saturated heterocycles. The summed E-state index contributed by atoms with van der Waals surface area (Å²) in [6.07, 6.45) is 4.45. The lowest BCUT2D eigenvalue weighted by molar-refractivity contribution is -0.119. The van der Waals surface area contributed by atoms with E-state index in [1.165, 1.54) is 0 Å². The minimum Gasteiger partial charge on any atom is -0.349 e. The van der Waals surface area contributed by atoms with Crippen molar-refractivity contribution in [2.75, 3.05) is 5.32 Å². The molecule has 2 atom stereocenters. The van der Waals surface area contributed by atoms with Crippen molar-refractivity contribution in [2.24, 2.45) is 11.7 Å². The Bertz CT molecular complexity index is 601. The first-order valence-corrected chi connectivity index (χ1v) is 8.07. The molecule has 1 aromatic rings. The van der Waals surface area contributed by atoms with E-state index in [9.17, 15) is 9.59 Å². The number of carbonyl (C=O) groups excluding carboxylic acids is 2. The first-order chi connectivity index (χ1) is 10.5. The van der Waals surface area contributed by atoms with Crippen LogP contribution in [-0.2, 0) is 4.79 Å². The maximum atomic E-state index is 12.2. The number of anilines is 1. The van der Waals surface area contributed by atoms with Crippen LogP contribution in [-0.4, -0.2) is 23.9 Å². The van der Waals surface area contributed by atoms with Gasteiger partial charge in [0.2, 0.25) is 5.91 Å². The normalized spacial score (nSPS) is 24.1. The van der Waals surface area contributed by atoms with E-state index in [2.05, 4.69) is 10.6 Å². The zero-order valence-corrected chi connectivity index (χ0v) is 13.0. The Hall–Kier alpha value is -1.59. The van der Waals surface area contributed by atoms with Gasteiger partial charge in [0.1, 0.15) is 0 Å². The predicted octanol–water partition coefficient (Wildman–Crippen LogP) is 2.30. The maximum absolute atomic E-state index is 12.2. The topological polar surface area (TPSA) is 84.2 Å². The highest BCUT2D eigenvalue weighted by Crippen LogP contribution is 2.27. The van der Waals surface area contributed by atoms with Gasteiger partial charge in [-0.3, -0.25) is 9.59 Å². The number of amides is 2. The molecule has 22 heavy (non-hydrogen) atoms. The lowest BCUT2D eigenvalue weighted by atomic mass is 10.1. The second-order valence-electron chi connectivity index (χ2n) is 6.20. The average molecular weight is 322 g/mol. The zero-order chi connectivity index (χ0) is 15.7. The third kappa shape index (κ3) is 3.59. The highest BCUT2D eigenvalue weighted by Gasteiger charge is 2.28. The number of hydrogen-bond acceptors (Lipinski definition) is 3. The van der Waals surface area contributed by atoms with E-state index < -0.39 is 0 Å². The van der Waals surface area contributed by atoms with Crippen LogP contribution in [0.5, 0.6) is 0 Å². The lowest BCUT2D eigenvalue weighted by Crippen LogP contribution is -2.26. The Balaban J connectivity index is 1.68. The third-order valence-electron chi connectivity index (χ3n) is 4.24. The molecule has 0 radical (unpaired) electrons. The van der Waals surface area contributed by atoms with E-state index in [0.717, 1.165) is 25.7 Å². The molecule has 3 rings (SSSR count). The van der Waals surface area contributed by atoms with Gasteiger partial charge >= 0.3 is 0 Å². The number of halogens is 1. The molecular weight excluding hydrogens is 302 g/mol. The summed E-state index contributed by atoms with van der Waals surface area (Å²) in [6, 6.07) is 5.36. The number of nitrogens with two attached hydrogens (primary N) is 1. The molecule has 2 saturated carbocycles. The summed E-state index contributed by atoms with van der Waals surface area (Å²) < 4.78 is 0. The van der Waals surface area contributed by atoms with Crippen molar-refractivity contribution in [1.29, 1.82) is 0 Å². The van der Waals surface area contributed by atoms with E-state index >= 15 is 0 Å². The lowest BCUT2D eigenvalue weighted by Gasteiger charge is -2.12. The van der Waals surface area contributed by atoms with Gasteiger partial charge in [0.05, 0.1) is 10.6 Å². The highest BCUT2D eigenvalue weighted by atomic mass is 35.5. The third-order valence-corrected chi connectivity index (χ3v) is 4.56. The van der Waals surface area contributed by atoms with Crippen molar-refractivity contribution in [1.82, 2.24) is 5.32 Å². The quantitative estimate of drug-likeness (QED) is 0.795. The van der Waals surface area contributed by atoms with Gasteiger partial charge in [0.25, 0.3) is 5.91 Å². The van der Waals surface area contributed by atoms with Crippen LogP contribution in [0.25, 0.3) is 0 Å². The molecule has 5 nitrogen and oxygen atoms in total. The van der Waals surface area contributed by atoms with Crippen molar-refractivity contribution < 1.29 is 9.59 Å². The molecule has 2 aliphatic rings. The fraction of sp³-hybridized carbons (Fsp3) is 0.500. The van der Waals surface area contributed by atoms with Gasteiger partial charge < -0.3 is 16.4 Å². The second-order valence-corrected chi connectivity index (χ2v) is 6.61. The molecular formula is C16H20ClN3O2. The van der Waals surface area contributed by atoms with E-state index in [-0.39, 0.29) is 29.8 Å². The summed E-state index contributed by atoms with van der Waals surface area (Å²) in [4.78, 5) is 24.3. The van der Waals surface area contributed by atoms with E-state index in [1.54, 1.807) is 18.2 Å². The molecule has 6 heteroatoms. The van der Waals surface area contributed by atoms with Gasteiger partial charge in [-0.1, -0.05) is 11.6 Å². The number of hydrogen-bond donors (Lipinski definition) is 3. The standard InChI is InChI=1S/C16H20ClN3O2/c17-14-6-5-12(8-13(14)16(22)19-11-3-4-11)20-15(21)9-1-2-10(18)7-9/h5-6,8-11H,1-4,7,18H2,(H,19,22)(H,20,21). The number of rotatable bonds is 4. The van der Waals surface area contributed by atoms with E-state index in [1.807, 2.05) is 0 Å². The monoisotopic (exact) mass is 321 g/mol. The summed E-state index contributed by atoms with van der Waals surface area (Å²) in [5.74, 6) is -0.273. The van der Waals surface area contributed by atoms with Crippen LogP contribution in [0.1, 0.15) is 42.5 Å². The van der Waals surface area contributed by atoms with Crippen LogP contribution in [0.4, 0.5) is 5.69 Å². The Labute approximate surface area is 134 Å². The molecule has 0 aromatic heterocycles. The summed E-state index contributed by atoms with van der Waals surface area (Å²) in [6.45, 7) is 0. The minimum atomic E-state index is -0.188. The van der Waals surface area contributed by atoms with Crippen molar-refractivity contribution >= 4 is 29.1 Å². The summed E-state index contributed by atoms with van der Waals surface area (Å²) >= 11 is 6.09. The van der Waals surface area contributed by atoms with Gasteiger partial charge in [-0.05, 0) is 50.3 Å². The second kappa shape index (κ2) is 6.26. The fourth-order valence-corrected chi connectivity index (χ4v) is 2.97. The minimum absolute atomic E-state index is 0.0381. The van der Waals surface area contributed by atoms with Gasteiger partial charge in [0, 0.05) is 23.7 Å². The smallest absolute Gasteiger partial charge is 0.253 e. The van der Waals surface area contributed by atoms with Crippen molar-refractivity contribution in [2.45, 2.75) is 44.2 Å². The molecule has 0 bridgehead atoms. The molecule has 2 fully saturated rings. The molecule has 0 heterocycles. The van der Waals surface area contributed by atoms with E-state index in [0.29, 0.717) is 22.7 Å². The van der Waals surface area contributed by atoms with Crippen LogP contribution in [0, 0.1) is 5.92 Å². The Morgan fingerprint density at radius 2 is 1.95 bits per heavy atom. The van der Waals surface area contributed by atoms with Crippen LogP contribution >= 0.6 is 11.6 Å². The largest absolute Gasteiger partial charge is 0.349 e. The van der Waals surface area contributed by atoms with Crippen LogP contribution < -0.4 is 16.4 Å². The molecule has 2 amide bonds. The van der Waals surface area contributed by atoms with Crippen molar-refractivity contribution in [3.05, 3.63) is 28.8 Å². The first kappa shape index (κ1) is 15.3. The SMILES string of the molecule is NC1CCC(C(=O)Nc2ccc(Cl)c(C(=O)NC3CC3)c2)C1. The Morgan fingerprint density at radius 3 is 2.59 bits per heavy atom. The molecule has 4 N–H and O–H groups in total. The van der Waals surface area contributed by atoms with Crippen LogP contribution in [0.3, 0.4) is 0 Å². The van der Waals surface area contributed by atoms with E-state index in [4.69, 9.17) is 17.3 Å². The molecule has 0 spiro atoms. The number of nitrogens with one attached hydrogen (secondary N) is 2. The summed E-state index contributed by atoms with van der Waals surface area (Å²) in [5, 5.41) is 6.15. The van der Waals surface area contributed by atoms with Crippen molar-refractivity contribution in [3.8, 4) is 0 Å². The van der Waals surface area contributed by atoms with Gasteiger partial charge in [0.15, 0.2) is 0 Å². The van der Waals surface area contributed by atoms with Gasteiger partial charge in [-0.2, -0.15) is 0 Å². The summed E-state index contributed by atoms with van der Waals surface area (Å²) in [5.41, 5.74) is 6.83. The summed E-state index contributed by atoms with van der Waals surface area (Å²) in [7, 11) is 0. The Morgan fingerprint density at radius 1 is 1.18 bits per heavy atom. The van der Waals surface area contributed by atoms with Crippen LogP contribution in [0.15, 0.2) is 18.2 Å². The number of benzene rings is 1. The molecule has 2 aliphatic carbocycles. The van der Waals surface area contributed by atoms with Gasteiger partial charge in [-0.25, -0.2) is 0 Å². The maximum Gasteiger partial charge on any atom is 0.253 e. The van der Waals surface area contributed by atoms with Gasteiger partial charge in [-0.15, -0.1) is 0 Å². The first-order valence-electron chi connectivity index (χ1n) is 7.70. The molecule has 0 aliphatic heterocycles. The zero-order valence-electron chi connectivity index (χ0n) is 12.3. The average Bonchev–Trinajstić information content (AvgIpc) is 3.18. The molecule has 2 unspecified atom stereocenters. The highest BCUT2D eigenvalue weighted by molar-refractivity contribution is 6.34. The molecule has 118 valence electrons. The number of carbonyl (C=O) groups is 2. The molecule has 1 aromatic carbocycles. The van der Waals surface area contributed by atoms with Crippen molar-refractivity contribution in [3.63, 3.8) is 0 Å². The Kier molecular flexibility index (Phi) is 4.36. The predicted molar refractivity (Wildman–Crippen MR) is 85.9 cm³/mol. The fourth-order valence-electron chi connectivity index (χ4n) is 2.77. The van der Waals surface area contributed by atoms with Crippen LogP contribution in [0.2, 0.25) is 5.02 Å².